The first kappa shape index (κ1) is 14.6. The second-order valence-electron chi connectivity index (χ2n) is 4.48. The lowest BCUT2D eigenvalue weighted by Gasteiger charge is -2.16. The molecule has 0 saturated heterocycles. The van der Waals surface area contributed by atoms with Crippen molar-refractivity contribution in [2.45, 2.75) is 25.8 Å². The van der Waals surface area contributed by atoms with Gasteiger partial charge in [0.1, 0.15) is 5.82 Å². The molecular weight excluding hydrogens is 231 g/mol. The van der Waals surface area contributed by atoms with Gasteiger partial charge in [-0.25, -0.2) is 4.39 Å². The Hall–Kier alpha value is -1.44. The summed E-state index contributed by atoms with van der Waals surface area (Å²) in [5.74, 6) is -0.363. The zero-order chi connectivity index (χ0) is 13.4. The van der Waals surface area contributed by atoms with Crippen LogP contribution in [0.5, 0.6) is 0 Å². The van der Waals surface area contributed by atoms with Gasteiger partial charge in [-0.05, 0) is 56.6 Å². The molecule has 3 nitrogen and oxygen atoms in total. The van der Waals surface area contributed by atoms with Crippen molar-refractivity contribution in [2.75, 3.05) is 20.2 Å². The number of hydrogen-bond donors (Lipinski definition) is 1. The number of unbranched alkanes of at least 4 members (excludes halogenated alkanes) is 2. The predicted molar refractivity (Wildman–Crippen MR) is 68.4 cm³/mol. The summed E-state index contributed by atoms with van der Waals surface area (Å²) in [7, 11) is 1.97. The van der Waals surface area contributed by atoms with Gasteiger partial charge in [0, 0.05) is 13.2 Å². The monoisotopic (exact) mass is 250 g/mol. The fourth-order valence-corrected chi connectivity index (χ4v) is 1.87. The Kier molecular flexibility index (Phi) is 6.34. The molecule has 0 amide bonds. The van der Waals surface area contributed by atoms with Crippen LogP contribution in [0.25, 0.3) is 0 Å². The molecule has 18 heavy (non-hydrogen) atoms. The highest BCUT2D eigenvalue weighted by Gasteiger charge is 2.04. The summed E-state index contributed by atoms with van der Waals surface area (Å²) in [4.78, 5) is 2.09. The second kappa shape index (κ2) is 7.80. The van der Waals surface area contributed by atoms with E-state index < -0.39 is 0 Å². The predicted octanol–water partition coefficient (Wildman–Crippen LogP) is 2.29. The summed E-state index contributed by atoms with van der Waals surface area (Å²) in [6.45, 7) is 1.77. The maximum Gasteiger partial charge on any atom is 0.124 e. The first-order valence-corrected chi connectivity index (χ1v) is 6.14. The van der Waals surface area contributed by atoms with Gasteiger partial charge in [0.15, 0.2) is 0 Å². The van der Waals surface area contributed by atoms with Gasteiger partial charge in [0.05, 0.1) is 11.6 Å². The third kappa shape index (κ3) is 5.26. The van der Waals surface area contributed by atoms with Gasteiger partial charge in [-0.3, -0.25) is 0 Å². The molecule has 0 aliphatic rings. The minimum atomic E-state index is -0.363. The van der Waals surface area contributed by atoms with Gasteiger partial charge in [0.25, 0.3) is 0 Å². The van der Waals surface area contributed by atoms with E-state index in [0.717, 1.165) is 31.4 Å². The molecule has 0 spiro atoms. The van der Waals surface area contributed by atoms with Crippen molar-refractivity contribution in [3.05, 3.63) is 35.1 Å². The van der Waals surface area contributed by atoms with Crippen LogP contribution in [0.4, 0.5) is 4.39 Å². The van der Waals surface area contributed by atoms with E-state index in [1.807, 2.05) is 13.1 Å². The Labute approximate surface area is 107 Å². The van der Waals surface area contributed by atoms with Gasteiger partial charge in [-0.15, -0.1) is 0 Å². The van der Waals surface area contributed by atoms with Crippen molar-refractivity contribution in [3.8, 4) is 6.07 Å². The summed E-state index contributed by atoms with van der Waals surface area (Å²) in [5.41, 5.74) is 1.18. The Morgan fingerprint density at radius 1 is 1.28 bits per heavy atom. The number of rotatable bonds is 7. The average Bonchev–Trinajstić information content (AvgIpc) is 2.34. The Morgan fingerprint density at radius 3 is 2.72 bits per heavy atom. The highest BCUT2D eigenvalue weighted by Crippen LogP contribution is 2.11. The molecule has 0 radical (unpaired) electrons. The van der Waals surface area contributed by atoms with Crippen LogP contribution in [-0.4, -0.2) is 30.2 Å². The van der Waals surface area contributed by atoms with Crippen LogP contribution in [0.1, 0.15) is 30.4 Å². The molecule has 1 aromatic rings. The summed E-state index contributed by atoms with van der Waals surface area (Å²) in [6, 6.07) is 6.37. The first-order chi connectivity index (χ1) is 8.65. The molecule has 0 atom stereocenters. The maximum absolute atomic E-state index is 13.2. The molecule has 0 saturated carbocycles. The summed E-state index contributed by atoms with van der Waals surface area (Å²) >= 11 is 0. The van der Waals surface area contributed by atoms with Crippen molar-refractivity contribution < 1.29 is 9.50 Å². The summed E-state index contributed by atoms with van der Waals surface area (Å²) in [5, 5.41) is 17.4. The topological polar surface area (TPSA) is 47.3 Å². The van der Waals surface area contributed by atoms with Crippen LogP contribution in [0.15, 0.2) is 18.2 Å². The molecule has 1 aromatic carbocycles. The number of benzene rings is 1. The highest BCUT2D eigenvalue weighted by atomic mass is 19.1. The quantitative estimate of drug-likeness (QED) is 0.755. The van der Waals surface area contributed by atoms with E-state index in [2.05, 4.69) is 4.90 Å². The molecule has 4 heteroatoms. The largest absolute Gasteiger partial charge is 0.396 e. The zero-order valence-electron chi connectivity index (χ0n) is 10.7. The zero-order valence-corrected chi connectivity index (χ0v) is 10.7. The van der Waals surface area contributed by atoms with E-state index in [1.54, 1.807) is 6.07 Å². The fraction of sp³-hybridized carbons (Fsp3) is 0.500. The van der Waals surface area contributed by atoms with E-state index in [1.165, 1.54) is 12.1 Å². The van der Waals surface area contributed by atoms with Crippen LogP contribution >= 0.6 is 0 Å². The molecule has 0 aliphatic carbocycles. The standard InChI is InChI=1S/C14H19FN2O/c1-17(5-3-2-4-6-18)11-13-7-12(10-16)8-14(15)9-13/h7-9,18H,2-6,11H2,1H3. The molecule has 0 bridgehead atoms. The van der Waals surface area contributed by atoms with E-state index >= 15 is 0 Å². The third-order valence-corrected chi connectivity index (χ3v) is 2.74. The van der Waals surface area contributed by atoms with Gasteiger partial charge < -0.3 is 10.0 Å². The molecule has 98 valence electrons. The molecule has 0 aromatic heterocycles. The molecule has 0 unspecified atom stereocenters. The van der Waals surface area contributed by atoms with Gasteiger partial charge in [-0.2, -0.15) is 5.26 Å². The number of nitriles is 1. The van der Waals surface area contributed by atoms with Crippen molar-refractivity contribution in [3.63, 3.8) is 0 Å². The van der Waals surface area contributed by atoms with E-state index in [0.29, 0.717) is 12.1 Å². The highest BCUT2D eigenvalue weighted by molar-refractivity contribution is 5.33. The normalized spacial score (nSPS) is 10.6. The second-order valence-corrected chi connectivity index (χ2v) is 4.48. The number of halogens is 1. The molecular formula is C14H19FN2O. The Balaban J connectivity index is 2.46. The molecule has 0 heterocycles. The number of nitrogens with zero attached hydrogens (tertiary/aromatic N) is 2. The lowest BCUT2D eigenvalue weighted by Crippen LogP contribution is -2.19. The van der Waals surface area contributed by atoms with Crippen LogP contribution in [-0.2, 0) is 6.54 Å². The van der Waals surface area contributed by atoms with Crippen LogP contribution < -0.4 is 0 Å². The number of aliphatic hydroxyl groups excluding tert-OH is 1. The van der Waals surface area contributed by atoms with Crippen molar-refractivity contribution >= 4 is 0 Å². The minimum Gasteiger partial charge on any atom is -0.396 e. The third-order valence-electron chi connectivity index (χ3n) is 2.74. The van der Waals surface area contributed by atoms with Crippen molar-refractivity contribution in [1.82, 2.24) is 4.90 Å². The Bertz CT molecular complexity index is 415. The first-order valence-electron chi connectivity index (χ1n) is 6.14. The SMILES string of the molecule is CN(CCCCCO)Cc1cc(F)cc(C#N)c1. The minimum absolute atomic E-state index is 0.235. The molecule has 1 N–H and O–H groups in total. The average molecular weight is 250 g/mol. The van der Waals surface area contributed by atoms with Crippen LogP contribution in [0, 0.1) is 17.1 Å². The lowest BCUT2D eigenvalue weighted by atomic mass is 10.1. The van der Waals surface area contributed by atoms with Crippen molar-refractivity contribution in [1.29, 1.82) is 5.26 Å². The number of hydrogen-bond acceptors (Lipinski definition) is 3. The van der Waals surface area contributed by atoms with E-state index in [9.17, 15) is 4.39 Å². The Morgan fingerprint density at radius 2 is 2.06 bits per heavy atom. The van der Waals surface area contributed by atoms with E-state index in [-0.39, 0.29) is 12.4 Å². The molecule has 1 rings (SSSR count). The van der Waals surface area contributed by atoms with Crippen molar-refractivity contribution in [2.24, 2.45) is 0 Å². The fourth-order valence-electron chi connectivity index (χ4n) is 1.87. The van der Waals surface area contributed by atoms with E-state index in [4.69, 9.17) is 10.4 Å². The van der Waals surface area contributed by atoms with Crippen LogP contribution in [0.3, 0.4) is 0 Å². The summed E-state index contributed by atoms with van der Waals surface area (Å²) in [6.07, 6.45) is 2.83. The van der Waals surface area contributed by atoms with Crippen LogP contribution in [0.2, 0.25) is 0 Å². The smallest absolute Gasteiger partial charge is 0.124 e. The molecule has 0 aliphatic heterocycles. The molecule has 0 fully saturated rings. The van der Waals surface area contributed by atoms with Gasteiger partial charge in [-0.1, -0.05) is 0 Å². The number of aliphatic hydroxyl groups is 1. The lowest BCUT2D eigenvalue weighted by molar-refractivity contribution is 0.271. The van der Waals surface area contributed by atoms with Gasteiger partial charge in [0.2, 0.25) is 0 Å². The maximum atomic E-state index is 13.2. The van der Waals surface area contributed by atoms with Gasteiger partial charge >= 0.3 is 0 Å². The summed E-state index contributed by atoms with van der Waals surface area (Å²) < 4.78 is 13.2.